The average Bonchev–Trinajstić information content (AvgIpc) is 2.37. The molecule has 1 amide bonds. The van der Waals surface area contributed by atoms with Crippen molar-refractivity contribution in [1.82, 2.24) is 10.3 Å². The molecule has 0 spiro atoms. The summed E-state index contributed by atoms with van der Waals surface area (Å²) in [6.07, 6.45) is -3.86. The van der Waals surface area contributed by atoms with E-state index in [2.05, 4.69) is 10.3 Å². The molecule has 0 bridgehead atoms. The van der Waals surface area contributed by atoms with Crippen molar-refractivity contribution in [1.29, 1.82) is 0 Å². The van der Waals surface area contributed by atoms with Gasteiger partial charge >= 0.3 is 6.18 Å². The number of hydrogen-bond acceptors (Lipinski definition) is 4. The largest absolute Gasteiger partial charge is 0.417 e. The molecule has 0 atom stereocenters. The zero-order valence-electron chi connectivity index (χ0n) is 9.91. The van der Waals surface area contributed by atoms with E-state index in [9.17, 15) is 18.0 Å². The van der Waals surface area contributed by atoms with Gasteiger partial charge in [-0.05, 0) is 12.1 Å². The number of hydrogen-bond donors (Lipinski definition) is 2. The van der Waals surface area contributed by atoms with E-state index >= 15 is 0 Å². The van der Waals surface area contributed by atoms with Crippen molar-refractivity contribution >= 4 is 5.91 Å². The predicted molar refractivity (Wildman–Crippen MR) is 59.5 cm³/mol. The Labute approximate surface area is 107 Å². The van der Waals surface area contributed by atoms with Crippen LogP contribution in [0.15, 0.2) is 18.3 Å². The lowest BCUT2D eigenvalue weighted by Crippen LogP contribution is -2.28. The summed E-state index contributed by atoms with van der Waals surface area (Å²) in [5, 5.41) is 10.9. The van der Waals surface area contributed by atoms with Crippen LogP contribution in [0.3, 0.4) is 0 Å². The molecule has 1 aromatic rings. The second-order valence-corrected chi connectivity index (χ2v) is 3.52. The topological polar surface area (TPSA) is 71.5 Å². The molecule has 0 unspecified atom stereocenters. The Bertz CT molecular complexity index is 407. The quantitative estimate of drug-likeness (QED) is 0.756. The van der Waals surface area contributed by atoms with E-state index in [1.54, 1.807) is 0 Å². The number of halogens is 3. The molecule has 1 heterocycles. The van der Waals surface area contributed by atoms with Gasteiger partial charge < -0.3 is 15.2 Å². The summed E-state index contributed by atoms with van der Waals surface area (Å²) in [7, 11) is 0. The summed E-state index contributed by atoms with van der Waals surface area (Å²) in [6, 6.07) is 1.80. The molecule has 0 saturated carbocycles. The summed E-state index contributed by atoms with van der Waals surface area (Å²) in [5.74, 6) is -0.582. The van der Waals surface area contributed by atoms with E-state index < -0.39 is 17.6 Å². The number of aliphatic hydroxyl groups is 1. The molecule has 1 aromatic heterocycles. The average molecular weight is 278 g/mol. The summed E-state index contributed by atoms with van der Waals surface area (Å²) >= 11 is 0. The summed E-state index contributed by atoms with van der Waals surface area (Å²) in [4.78, 5) is 14.9. The summed E-state index contributed by atoms with van der Waals surface area (Å²) in [6.45, 7) is 0.428. The zero-order chi connectivity index (χ0) is 14.3. The van der Waals surface area contributed by atoms with Gasteiger partial charge in [0.2, 0.25) is 0 Å². The van der Waals surface area contributed by atoms with Gasteiger partial charge in [-0.2, -0.15) is 13.2 Å². The van der Waals surface area contributed by atoms with Gasteiger partial charge in [-0.3, -0.25) is 9.78 Å². The monoisotopic (exact) mass is 278 g/mol. The number of aromatic nitrogens is 1. The molecular formula is C11H13F3N2O3. The van der Waals surface area contributed by atoms with Gasteiger partial charge in [-0.25, -0.2) is 0 Å². The van der Waals surface area contributed by atoms with Crippen LogP contribution in [0.1, 0.15) is 16.1 Å². The molecule has 0 aliphatic carbocycles. The highest BCUT2D eigenvalue weighted by Gasteiger charge is 2.30. The minimum Gasteiger partial charge on any atom is -0.394 e. The van der Waals surface area contributed by atoms with Crippen LogP contribution in [0.2, 0.25) is 0 Å². The lowest BCUT2D eigenvalue weighted by molar-refractivity contribution is -0.137. The molecule has 0 aliphatic rings. The van der Waals surface area contributed by atoms with Crippen LogP contribution < -0.4 is 5.32 Å². The maximum atomic E-state index is 12.3. The van der Waals surface area contributed by atoms with Crippen LogP contribution >= 0.6 is 0 Å². The number of nitrogens with one attached hydrogen (secondary N) is 1. The van der Waals surface area contributed by atoms with Gasteiger partial charge in [0.05, 0.1) is 25.4 Å². The molecule has 8 heteroatoms. The summed E-state index contributed by atoms with van der Waals surface area (Å²) < 4.78 is 41.7. The fourth-order valence-corrected chi connectivity index (χ4v) is 1.19. The van der Waals surface area contributed by atoms with Crippen LogP contribution in [-0.2, 0) is 10.9 Å². The highest BCUT2D eigenvalue weighted by Crippen LogP contribution is 2.28. The molecule has 0 radical (unpaired) electrons. The zero-order valence-corrected chi connectivity index (χ0v) is 9.91. The number of amides is 1. The van der Waals surface area contributed by atoms with Crippen LogP contribution in [0, 0.1) is 0 Å². The second kappa shape index (κ2) is 7.05. The van der Waals surface area contributed by atoms with E-state index in [-0.39, 0.29) is 32.1 Å². The van der Waals surface area contributed by atoms with Gasteiger partial charge in [0, 0.05) is 12.7 Å². The Morgan fingerprint density at radius 1 is 1.37 bits per heavy atom. The number of carbonyl (C=O) groups excluding carboxylic acids is 1. The Kier molecular flexibility index (Phi) is 5.71. The molecule has 19 heavy (non-hydrogen) atoms. The third-order valence-electron chi connectivity index (χ3n) is 2.09. The Hall–Kier alpha value is -1.67. The third-order valence-corrected chi connectivity index (χ3v) is 2.09. The van der Waals surface area contributed by atoms with E-state index in [0.29, 0.717) is 6.20 Å². The van der Waals surface area contributed by atoms with E-state index in [1.165, 1.54) is 0 Å². The lowest BCUT2D eigenvalue weighted by Gasteiger charge is -2.07. The van der Waals surface area contributed by atoms with E-state index in [1.807, 2.05) is 0 Å². The normalized spacial score (nSPS) is 11.4. The van der Waals surface area contributed by atoms with Gasteiger partial charge in [0.25, 0.3) is 5.91 Å². The molecule has 2 N–H and O–H groups in total. The number of carbonyl (C=O) groups is 1. The summed E-state index contributed by atoms with van der Waals surface area (Å²) in [5.41, 5.74) is -1.01. The van der Waals surface area contributed by atoms with Crippen molar-refractivity contribution in [2.45, 2.75) is 6.18 Å². The maximum absolute atomic E-state index is 12.3. The number of nitrogens with zero attached hydrogens (tertiary/aromatic N) is 1. The van der Waals surface area contributed by atoms with E-state index in [0.717, 1.165) is 12.1 Å². The SMILES string of the molecule is O=C(NCCOCCO)c1ccc(C(F)(F)F)cn1. The van der Waals surface area contributed by atoms with Gasteiger partial charge in [0.15, 0.2) is 0 Å². The first-order chi connectivity index (χ1) is 8.95. The molecule has 0 aliphatic heterocycles. The fraction of sp³-hybridized carbons (Fsp3) is 0.455. The third kappa shape index (κ3) is 5.23. The minimum atomic E-state index is -4.47. The highest BCUT2D eigenvalue weighted by atomic mass is 19.4. The van der Waals surface area contributed by atoms with E-state index in [4.69, 9.17) is 9.84 Å². The molecule has 5 nitrogen and oxygen atoms in total. The first kappa shape index (κ1) is 15.4. The fourth-order valence-electron chi connectivity index (χ4n) is 1.19. The number of alkyl halides is 3. The first-order valence-corrected chi connectivity index (χ1v) is 5.45. The van der Waals surface area contributed by atoms with Gasteiger partial charge in [-0.15, -0.1) is 0 Å². The molecule has 0 fully saturated rings. The molecule has 106 valence electrons. The second-order valence-electron chi connectivity index (χ2n) is 3.52. The maximum Gasteiger partial charge on any atom is 0.417 e. The van der Waals surface area contributed by atoms with Crippen molar-refractivity contribution in [3.63, 3.8) is 0 Å². The van der Waals surface area contributed by atoms with Crippen LogP contribution in [0.25, 0.3) is 0 Å². The van der Waals surface area contributed by atoms with Crippen LogP contribution in [0.4, 0.5) is 13.2 Å². The van der Waals surface area contributed by atoms with Crippen molar-refractivity contribution < 1.29 is 27.8 Å². The Morgan fingerprint density at radius 2 is 2.11 bits per heavy atom. The standard InChI is InChI=1S/C11H13F3N2O3/c12-11(13,14)8-1-2-9(16-7-8)10(18)15-3-5-19-6-4-17/h1-2,7,17H,3-6H2,(H,15,18). The van der Waals surface area contributed by atoms with Crippen LogP contribution in [0.5, 0.6) is 0 Å². The number of ether oxygens (including phenoxy) is 1. The highest BCUT2D eigenvalue weighted by molar-refractivity contribution is 5.92. The molecular weight excluding hydrogens is 265 g/mol. The lowest BCUT2D eigenvalue weighted by atomic mass is 10.2. The van der Waals surface area contributed by atoms with Crippen molar-refractivity contribution in [3.05, 3.63) is 29.6 Å². The van der Waals surface area contributed by atoms with Crippen molar-refractivity contribution in [2.75, 3.05) is 26.4 Å². The molecule has 0 aromatic carbocycles. The smallest absolute Gasteiger partial charge is 0.394 e. The number of aliphatic hydroxyl groups excluding tert-OH is 1. The van der Waals surface area contributed by atoms with Crippen LogP contribution in [-0.4, -0.2) is 42.4 Å². The van der Waals surface area contributed by atoms with Crippen molar-refractivity contribution in [3.8, 4) is 0 Å². The molecule has 0 saturated heterocycles. The predicted octanol–water partition coefficient (Wildman–Crippen LogP) is 0.839. The number of rotatable bonds is 6. The van der Waals surface area contributed by atoms with Gasteiger partial charge in [-0.1, -0.05) is 0 Å². The van der Waals surface area contributed by atoms with Gasteiger partial charge in [0.1, 0.15) is 5.69 Å². The Morgan fingerprint density at radius 3 is 2.63 bits per heavy atom. The van der Waals surface area contributed by atoms with Crippen molar-refractivity contribution in [2.24, 2.45) is 0 Å². The molecule has 1 rings (SSSR count). The number of pyridine rings is 1. The first-order valence-electron chi connectivity index (χ1n) is 5.45. The minimum absolute atomic E-state index is 0.102. The Balaban J connectivity index is 2.45.